The normalized spacial score (nSPS) is 28.9. The lowest BCUT2D eigenvalue weighted by atomic mass is 9.71. The molecule has 1 N–H and O–H groups in total. The Bertz CT molecular complexity index is 247. The van der Waals surface area contributed by atoms with E-state index in [9.17, 15) is 5.11 Å². The van der Waals surface area contributed by atoms with Crippen molar-refractivity contribution in [1.82, 2.24) is 0 Å². The first-order valence-corrected chi connectivity index (χ1v) is 4.63. The summed E-state index contributed by atoms with van der Waals surface area (Å²) in [6.07, 6.45) is 2.89. The molecule has 1 aliphatic carbocycles. The van der Waals surface area contributed by atoms with E-state index < -0.39 is 5.41 Å². The van der Waals surface area contributed by atoms with Gasteiger partial charge in [0, 0.05) is 0 Å². The molecule has 0 aromatic rings. The SMILES string of the molecule is CC(C#N)(C#N)[C@@H]1CCC[C@H](O)C1. The molecule has 3 nitrogen and oxygen atoms in total. The van der Waals surface area contributed by atoms with Crippen LogP contribution in [0.25, 0.3) is 0 Å². The van der Waals surface area contributed by atoms with Crippen LogP contribution in [0.15, 0.2) is 0 Å². The molecule has 0 radical (unpaired) electrons. The molecule has 1 rings (SSSR count). The fourth-order valence-electron chi connectivity index (χ4n) is 1.90. The summed E-state index contributed by atoms with van der Waals surface area (Å²) in [5.41, 5.74) is -0.915. The standard InChI is InChI=1S/C10H14N2O/c1-10(6-11,7-12)8-3-2-4-9(13)5-8/h8-9,13H,2-5H2,1H3/t8-,9+/m1/s1. The summed E-state index contributed by atoms with van der Waals surface area (Å²) in [6, 6.07) is 4.09. The van der Waals surface area contributed by atoms with Crippen LogP contribution < -0.4 is 0 Å². The van der Waals surface area contributed by atoms with E-state index in [1.54, 1.807) is 6.92 Å². The van der Waals surface area contributed by atoms with Gasteiger partial charge in [0.15, 0.2) is 0 Å². The number of hydrogen-bond donors (Lipinski definition) is 1. The molecule has 0 unspecified atom stereocenters. The van der Waals surface area contributed by atoms with Gasteiger partial charge < -0.3 is 5.11 Å². The van der Waals surface area contributed by atoms with Crippen LogP contribution in [0.5, 0.6) is 0 Å². The molecule has 2 atom stereocenters. The third-order valence-corrected chi connectivity index (χ3v) is 2.93. The summed E-state index contributed by atoms with van der Waals surface area (Å²) in [6.45, 7) is 1.66. The van der Waals surface area contributed by atoms with Gasteiger partial charge in [0.2, 0.25) is 0 Å². The maximum Gasteiger partial charge on any atom is 0.143 e. The maximum atomic E-state index is 9.42. The Morgan fingerprint density at radius 3 is 2.38 bits per heavy atom. The molecular weight excluding hydrogens is 164 g/mol. The number of nitrogens with zero attached hydrogens (tertiary/aromatic N) is 2. The number of aliphatic hydroxyl groups is 1. The minimum Gasteiger partial charge on any atom is -0.393 e. The lowest BCUT2D eigenvalue weighted by Gasteiger charge is -2.31. The van der Waals surface area contributed by atoms with E-state index in [1.165, 1.54) is 0 Å². The predicted octanol–water partition coefficient (Wildman–Crippen LogP) is 1.59. The van der Waals surface area contributed by atoms with Crippen molar-refractivity contribution in [1.29, 1.82) is 10.5 Å². The highest BCUT2D eigenvalue weighted by molar-refractivity contribution is 5.14. The third-order valence-electron chi connectivity index (χ3n) is 2.93. The van der Waals surface area contributed by atoms with Crippen molar-refractivity contribution in [3.05, 3.63) is 0 Å². The van der Waals surface area contributed by atoms with Crippen molar-refractivity contribution in [2.24, 2.45) is 11.3 Å². The van der Waals surface area contributed by atoms with Crippen LogP contribution in [0.2, 0.25) is 0 Å². The molecule has 1 aliphatic rings. The zero-order valence-electron chi connectivity index (χ0n) is 7.82. The Kier molecular flexibility index (Phi) is 2.90. The van der Waals surface area contributed by atoms with Gasteiger partial charge in [0.1, 0.15) is 5.41 Å². The van der Waals surface area contributed by atoms with E-state index in [4.69, 9.17) is 10.5 Å². The average Bonchev–Trinajstić information content (AvgIpc) is 2.17. The topological polar surface area (TPSA) is 67.8 Å². The van der Waals surface area contributed by atoms with E-state index in [0.29, 0.717) is 6.42 Å². The zero-order valence-corrected chi connectivity index (χ0v) is 7.82. The summed E-state index contributed by atoms with van der Waals surface area (Å²) in [5.74, 6) is 0.0336. The largest absolute Gasteiger partial charge is 0.393 e. The highest BCUT2D eigenvalue weighted by Crippen LogP contribution is 2.37. The maximum absolute atomic E-state index is 9.42. The van der Waals surface area contributed by atoms with Gasteiger partial charge >= 0.3 is 0 Å². The van der Waals surface area contributed by atoms with Gasteiger partial charge in [-0.2, -0.15) is 10.5 Å². The van der Waals surface area contributed by atoms with Crippen LogP contribution >= 0.6 is 0 Å². The molecule has 3 heteroatoms. The van der Waals surface area contributed by atoms with Gasteiger partial charge in [-0.15, -0.1) is 0 Å². The van der Waals surface area contributed by atoms with Crippen molar-refractivity contribution in [2.75, 3.05) is 0 Å². The van der Waals surface area contributed by atoms with E-state index >= 15 is 0 Å². The van der Waals surface area contributed by atoms with Crippen LogP contribution in [-0.4, -0.2) is 11.2 Å². The molecule has 0 saturated heterocycles. The molecule has 0 aliphatic heterocycles. The summed E-state index contributed by atoms with van der Waals surface area (Å²) in [4.78, 5) is 0. The number of rotatable bonds is 1. The molecular formula is C10H14N2O. The van der Waals surface area contributed by atoms with Gasteiger partial charge in [-0.25, -0.2) is 0 Å². The van der Waals surface area contributed by atoms with E-state index in [1.807, 2.05) is 12.1 Å². The van der Waals surface area contributed by atoms with Crippen molar-refractivity contribution >= 4 is 0 Å². The zero-order chi connectivity index (χ0) is 9.90. The number of aliphatic hydroxyl groups excluding tert-OH is 1. The van der Waals surface area contributed by atoms with Crippen LogP contribution in [0.1, 0.15) is 32.6 Å². The fourth-order valence-corrected chi connectivity index (χ4v) is 1.90. The lowest BCUT2D eigenvalue weighted by Crippen LogP contribution is -2.31. The Morgan fingerprint density at radius 1 is 1.31 bits per heavy atom. The first-order chi connectivity index (χ1) is 6.12. The number of hydrogen-bond acceptors (Lipinski definition) is 3. The van der Waals surface area contributed by atoms with Crippen LogP contribution in [-0.2, 0) is 0 Å². The monoisotopic (exact) mass is 178 g/mol. The number of nitriles is 2. The molecule has 13 heavy (non-hydrogen) atoms. The van der Waals surface area contributed by atoms with E-state index in [2.05, 4.69) is 0 Å². The minimum atomic E-state index is -0.915. The first-order valence-electron chi connectivity index (χ1n) is 4.63. The molecule has 0 amide bonds. The summed E-state index contributed by atoms with van der Waals surface area (Å²) >= 11 is 0. The highest BCUT2D eigenvalue weighted by atomic mass is 16.3. The van der Waals surface area contributed by atoms with Gasteiger partial charge in [-0.1, -0.05) is 6.42 Å². The average molecular weight is 178 g/mol. The molecule has 0 bridgehead atoms. The quantitative estimate of drug-likeness (QED) is 0.663. The van der Waals surface area contributed by atoms with Crippen LogP contribution in [0.3, 0.4) is 0 Å². The molecule has 1 fully saturated rings. The molecule has 0 heterocycles. The first kappa shape index (κ1) is 10.0. The minimum absolute atomic E-state index is 0.0336. The van der Waals surface area contributed by atoms with Crippen LogP contribution in [0, 0.1) is 34.0 Å². The van der Waals surface area contributed by atoms with E-state index in [0.717, 1.165) is 19.3 Å². The smallest absolute Gasteiger partial charge is 0.143 e. The Labute approximate surface area is 78.6 Å². The van der Waals surface area contributed by atoms with Gasteiger partial charge in [-0.05, 0) is 32.1 Å². The van der Waals surface area contributed by atoms with Crippen molar-refractivity contribution in [3.63, 3.8) is 0 Å². The van der Waals surface area contributed by atoms with Crippen molar-refractivity contribution in [2.45, 2.75) is 38.7 Å². The molecule has 70 valence electrons. The van der Waals surface area contributed by atoms with Crippen LogP contribution in [0.4, 0.5) is 0 Å². The second-order valence-corrected chi connectivity index (χ2v) is 3.94. The Hall–Kier alpha value is -1.06. The lowest BCUT2D eigenvalue weighted by molar-refractivity contribution is 0.0789. The molecule has 0 aromatic heterocycles. The molecule has 0 spiro atoms. The molecule has 0 aromatic carbocycles. The summed E-state index contributed by atoms with van der Waals surface area (Å²) < 4.78 is 0. The summed E-state index contributed by atoms with van der Waals surface area (Å²) in [7, 11) is 0. The van der Waals surface area contributed by atoms with Gasteiger partial charge in [-0.3, -0.25) is 0 Å². The molecule has 1 saturated carbocycles. The second kappa shape index (κ2) is 3.77. The van der Waals surface area contributed by atoms with E-state index in [-0.39, 0.29) is 12.0 Å². The third kappa shape index (κ3) is 1.99. The Balaban J connectivity index is 2.72. The predicted molar refractivity (Wildman–Crippen MR) is 47.3 cm³/mol. The van der Waals surface area contributed by atoms with Gasteiger partial charge in [0.25, 0.3) is 0 Å². The van der Waals surface area contributed by atoms with Crippen molar-refractivity contribution in [3.8, 4) is 12.1 Å². The second-order valence-electron chi connectivity index (χ2n) is 3.94. The van der Waals surface area contributed by atoms with Gasteiger partial charge in [0.05, 0.1) is 18.2 Å². The van der Waals surface area contributed by atoms with Crippen molar-refractivity contribution < 1.29 is 5.11 Å². The Morgan fingerprint density at radius 2 is 1.92 bits per heavy atom. The summed E-state index contributed by atoms with van der Waals surface area (Å²) in [5, 5.41) is 27.2. The highest BCUT2D eigenvalue weighted by Gasteiger charge is 2.37. The fraction of sp³-hybridized carbons (Fsp3) is 0.800.